The number of nitrogens with one attached hydrogen (secondary N) is 1. The maximum Gasteiger partial charge on any atom is 0.433 e. The molecular formula is C24H22F3N3O3S2. The SMILES string of the molecule is CCOC(=O)c1c(NC(=O)CSc2nc(-c3ccccc3)cc(C(F)(F)F)n2)sc2c1CCCC2. The highest BCUT2D eigenvalue weighted by Gasteiger charge is 2.34. The summed E-state index contributed by atoms with van der Waals surface area (Å²) in [4.78, 5) is 34.2. The molecule has 3 aromatic rings. The number of benzene rings is 1. The highest BCUT2D eigenvalue weighted by molar-refractivity contribution is 7.99. The number of rotatable bonds is 7. The third-order valence-corrected chi connectivity index (χ3v) is 7.36. The van der Waals surface area contributed by atoms with E-state index in [2.05, 4.69) is 15.3 Å². The van der Waals surface area contributed by atoms with Gasteiger partial charge in [0.2, 0.25) is 5.91 Å². The quantitative estimate of drug-likeness (QED) is 0.233. The molecule has 0 aliphatic heterocycles. The predicted octanol–water partition coefficient (Wildman–Crippen LogP) is 6.01. The Hall–Kier alpha value is -2.92. The van der Waals surface area contributed by atoms with Crippen molar-refractivity contribution < 1.29 is 27.5 Å². The molecule has 1 aliphatic rings. The molecule has 184 valence electrons. The third kappa shape index (κ3) is 6.02. The summed E-state index contributed by atoms with van der Waals surface area (Å²) in [5.41, 5.74) is 0.842. The number of fused-ring (bicyclic) bond motifs is 1. The first-order chi connectivity index (χ1) is 16.8. The number of thioether (sulfide) groups is 1. The minimum Gasteiger partial charge on any atom is -0.462 e. The summed E-state index contributed by atoms with van der Waals surface area (Å²) in [6, 6.07) is 9.35. The molecule has 35 heavy (non-hydrogen) atoms. The zero-order valence-corrected chi connectivity index (χ0v) is 20.4. The van der Waals surface area contributed by atoms with Gasteiger partial charge in [-0.25, -0.2) is 14.8 Å². The second-order valence-electron chi connectivity index (χ2n) is 7.76. The Bertz CT molecular complexity index is 1230. The first-order valence-corrected chi connectivity index (χ1v) is 12.8. The van der Waals surface area contributed by atoms with Gasteiger partial charge in [-0.15, -0.1) is 11.3 Å². The molecule has 0 radical (unpaired) electrons. The van der Waals surface area contributed by atoms with E-state index in [1.807, 2.05) is 0 Å². The predicted molar refractivity (Wildman–Crippen MR) is 129 cm³/mol. The van der Waals surface area contributed by atoms with Gasteiger partial charge in [-0.1, -0.05) is 42.1 Å². The van der Waals surface area contributed by atoms with Crippen molar-refractivity contribution in [3.8, 4) is 11.3 Å². The van der Waals surface area contributed by atoms with Crippen LogP contribution in [-0.2, 0) is 28.5 Å². The van der Waals surface area contributed by atoms with Crippen LogP contribution in [0.2, 0.25) is 0 Å². The van der Waals surface area contributed by atoms with Gasteiger partial charge in [-0.2, -0.15) is 13.2 Å². The van der Waals surface area contributed by atoms with Crippen LogP contribution in [0.3, 0.4) is 0 Å². The Balaban J connectivity index is 1.53. The van der Waals surface area contributed by atoms with Crippen LogP contribution in [0.15, 0.2) is 41.6 Å². The van der Waals surface area contributed by atoms with Crippen molar-refractivity contribution >= 4 is 40.0 Å². The lowest BCUT2D eigenvalue weighted by atomic mass is 9.95. The second-order valence-corrected chi connectivity index (χ2v) is 9.80. The Labute approximate surface area is 208 Å². The fraction of sp³-hybridized carbons (Fsp3) is 0.333. The fourth-order valence-electron chi connectivity index (χ4n) is 3.76. The Morgan fingerprint density at radius 3 is 2.60 bits per heavy atom. The van der Waals surface area contributed by atoms with E-state index >= 15 is 0 Å². The molecule has 2 heterocycles. The van der Waals surface area contributed by atoms with E-state index in [9.17, 15) is 22.8 Å². The van der Waals surface area contributed by atoms with E-state index in [1.165, 1.54) is 11.3 Å². The number of nitrogens with zero attached hydrogens (tertiary/aromatic N) is 2. The van der Waals surface area contributed by atoms with Crippen LogP contribution in [0.1, 0.15) is 46.3 Å². The molecule has 1 N–H and O–H groups in total. The maximum atomic E-state index is 13.4. The molecule has 1 aliphatic carbocycles. The molecule has 0 bridgehead atoms. The number of hydrogen-bond donors (Lipinski definition) is 1. The summed E-state index contributed by atoms with van der Waals surface area (Å²) in [6.45, 7) is 1.92. The summed E-state index contributed by atoms with van der Waals surface area (Å²) < 4.78 is 45.5. The van der Waals surface area contributed by atoms with E-state index in [-0.39, 0.29) is 23.2 Å². The van der Waals surface area contributed by atoms with Gasteiger partial charge in [0.15, 0.2) is 5.16 Å². The molecule has 0 atom stereocenters. The normalized spacial score (nSPS) is 13.3. The Morgan fingerprint density at radius 1 is 1.14 bits per heavy atom. The van der Waals surface area contributed by atoms with Crippen LogP contribution in [-0.4, -0.2) is 34.2 Å². The number of aromatic nitrogens is 2. The highest BCUT2D eigenvalue weighted by Crippen LogP contribution is 2.39. The lowest BCUT2D eigenvalue weighted by molar-refractivity contribution is -0.141. The number of thiophene rings is 1. The highest BCUT2D eigenvalue weighted by atomic mass is 32.2. The number of anilines is 1. The lowest BCUT2D eigenvalue weighted by Gasteiger charge is -2.12. The minimum atomic E-state index is -4.66. The van der Waals surface area contributed by atoms with E-state index in [0.717, 1.165) is 54.0 Å². The smallest absolute Gasteiger partial charge is 0.433 e. The average Bonchev–Trinajstić information content (AvgIpc) is 3.20. The van der Waals surface area contributed by atoms with Crippen LogP contribution >= 0.6 is 23.1 Å². The number of aryl methyl sites for hydroxylation is 1. The average molecular weight is 522 g/mol. The monoisotopic (exact) mass is 521 g/mol. The minimum absolute atomic E-state index is 0.117. The number of amides is 1. The van der Waals surface area contributed by atoms with Crippen molar-refractivity contribution in [1.29, 1.82) is 0 Å². The summed E-state index contributed by atoms with van der Waals surface area (Å²) >= 11 is 2.15. The number of alkyl halides is 3. The molecule has 0 spiro atoms. The van der Waals surface area contributed by atoms with Gasteiger partial charge < -0.3 is 10.1 Å². The molecule has 0 saturated heterocycles. The summed E-state index contributed by atoms with van der Waals surface area (Å²) in [7, 11) is 0. The third-order valence-electron chi connectivity index (χ3n) is 5.30. The van der Waals surface area contributed by atoms with Gasteiger partial charge in [0, 0.05) is 10.4 Å². The van der Waals surface area contributed by atoms with E-state index in [4.69, 9.17) is 4.74 Å². The van der Waals surface area contributed by atoms with Gasteiger partial charge in [0.05, 0.1) is 23.6 Å². The second kappa shape index (κ2) is 10.8. The van der Waals surface area contributed by atoms with Crippen molar-refractivity contribution in [2.75, 3.05) is 17.7 Å². The van der Waals surface area contributed by atoms with E-state index < -0.39 is 23.7 Å². The zero-order valence-electron chi connectivity index (χ0n) is 18.8. The summed E-state index contributed by atoms with van der Waals surface area (Å²) in [6.07, 6.45) is -1.12. The number of esters is 1. The molecule has 0 fully saturated rings. The van der Waals surface area contributed by atoms with Crippen molar-refractivity contribution in [3.05, 3.63) is 58.1 Å². The standard InChI is InChI=1S/C24H22F3N3O3S2/c1-2-33-22(32)20-15-10-6-7-11-17(15)35-21(20)30-19(31)13-34-23-28-16(14-8-4-3-5-9-14)12-18(29-23)24(25,26)27/h3-5,8-9,12H,2,6-7,10-11,13H2,1H3,(H,30,31). The van der Waals surface area contributed by atoms with Crippen molar-refractivity contribution in [2.24, 2.45) is 0 Å². The van der Waals surface area contributed by atoms with Crippen molar-refractivity contribution in [3.63, 3.8) is 0 Å². The van der Waals surface area contributed by atoms with Gasteiger partial charge >= 0.3 is 12.1 Å². The van der Waals surface area contributed by atoms with E-state index in [0.29, 0.717) is 16.1 Å². The molecule has 0 unspecified atom stereocenters. The van der Waals surface area contributed by atoms with E-state index in [1.54, 1.807) is 37.3 Å². The number of halogens is 3. The van der Waals surface area contributed by atoms with Crippen LogP contribution < -0.4 is 5.32 Å². The molecular weight excluding hydrogens is 499 g/mol. The maximum absolute atomic E-state index is 13.4. The first-order valence-electron chi connectivity index (χ1n) is 11.0. The number of ether oxygens (including phenoxy) is 1. The van der Waals surface area contributed by atoms with Gasteiger partial charge in [0.25, 0.3) is 0 Å². The molecule has 0 saturated carbocycles. The molecule has 1 amide bonds. The number of carbonyl (C=O) groups is 2. The first kappa shape index (κ1) is 25.2. The summed E-state index contributed by atoms with van der Waals surface area (Å²) in [5.74, 6) is -1.18. The molecule has 4 rings (SSSR count). The number of hydrogen-bond acceptors (Lipinski definition) is 7. The van der Waals surface area contributed by atoms with Crippen LogP contribution in [0.25, 0.3) is 11.3 Å². The van der Waals surface area contributed by atoms with Gasteiger partial charge in [-0.05, 0) is 44.2 Å². The summed E-state index contributed by atoms with van der Waals surface area (Å²) in [5, 5.41) is 3.00. The van der Waals surface area contributed by atoms with Crippen molar-refractivity contribution in [2.45, 2.75) is 43.9 Å². The van der Waals surface area contributed by atoms with Gasteiger partial charge in [-0.3, -0.25) is 4.79 Å². The number of carbonyl (C=O) groups excluding carboxylic acids is 2. The van der Waals surface area contributed by atoms with Gasteiger partial charge in [0.1, 0.15) is 10.7 Å². The van der Waals surface area contributed by atoms with Crippen LogP contribution in [0, 0.1) is 0 Å². The molecule has 6 nitrogen and oxygen atoms in total. The van der Waals surface area contributed by atoms with Crippen LogP contribution in [0.5, 0.6) is 0 Å². The molecule has 2 aromatic heterocycles. The fourth-order valence-corrected chi connectivity index (χ4v) is 5.71. The zero-order chi connectivity index (χ0) is 25.0. The largest absolute Gasteiger partial charge is 0.462 e. The Morgan fingerprint density at radius 2 is 1.89 bits per heavy atom. The topological polar surface area (TPSA) is 81.2 Å². The Kier molecular flexibility index (Phi) is 7.75. The molecule has 11 heteroatoms. The van der Waals surface area contributed by atoms with Crippen molar-refractivity contribution in [1.82, 2.24) is 9.97 Å². The van der Waals surface area contributed by atoms with Crippen LogP contribution in [0.4, 0.5) is 18.2 Å². The molecule has 1 aromatic carbocycles. The lowest BCUT2D eigenvalue weighted by Crippen LogP contribution is -2.17.